The molecule has 2 rings (SSSR count). The predicted octanol–water partition coefficient (Wildman–Crippen LogP) is 4.47. The van der Waals surface area contributed by atoms with Crippen LogP contribution in [-0.2, 0) is 6.18 Å². The zero-order valence-corrected chi connectivity index (χ0v) is 13.2. The number of halogens is 5. The summed E-state index contributed by atoms with van der Waals surface area (Å²) in [7, 11) is 0. The van der Waals surface area contributed by atoms with E-state index in [0.29, 0.717) is 23.5 Å². The predicted molar refractivity (Wildman–Crippen MR) is 75.7 cm³/mol. The highest BCUT2D eigenvalue weighted by atomic mass is 79.9. The Hall–Kier alpha value is -0.300. The molecule has 1 unspecified atom stereocenters. The Morgan fingerprint density at radius 2 is 2.16 bits per heavy atom. The largest absolute Gasteiger partial charge is 0.419 e. The maximum atomic E-state index is 13.1. The van der Waals surface area contributed by atoms with Crippen LogP contribution in [0.3, 0.4) is 0 Å². The Morgan fingerprint density at radius 3 is 2.79 bits per heavy atom. The van der Waals surface area contributed by atoms with Gasteiger partial charge in [0.05, 0.1) is 5.56 Å². The van der Waals surface area contributed by atoms with E-state index in [1.54, 1.807) is 4.90 Å². The van der Waals surface area contributed by atoms with Crippen molar-refractivity contribution in [1.82, 2.24) is 4.98 Å². The number of hydrogen-bond donors (Lipinski definition) is 0. The van der Waals surface area contributed by atoms with E-state index < -0.39 is 11.7 Å². The fourth-order valence-corrected chi connectivity index (χ4v) is 3.14. The summed E-state index contributed by atoms with van der Waals surface area (Å²) in [5.74, 6) is 0.418. The van der Waals surface area contributed by atoms with Crippen LogP contribution in [0.5, 0.6) is 0 Å². The van der Waals surface area contributed by atoms with Crippen molar-refractivity contribution in [2.24, 2.45) is 5.92 Å². The quantitative estimate of drug-likeness (QED) is 0.679. The van der Waals surface area contributed by atoms with Gasteiger partial charge in [-0.05, 0) is 40.8 Å². The first-order valence-corrected chi connectivity index (χ1v) is 7.87. The maximum absolute atomic E-state index is 13.1. The molecule has 0 amide bonds. The normalized spacial score (nSPS) is 20.7. The molecule has 7 heteroatoms. The first-order valence-electron chi connectivity index (χ1n) is 5.95. The Balaban J connectivity index is 2.33. The van der Waals surface area contributed by atoms with Gasteiger partial charge in [-0.2, -0.15) is 13.2 Å². The number of alkyl halides is 4. The Morgan fingerprint density at radius 1 is 1.42 bits per heavy atom. The van der Waals surface area contributed by atoms with E-state index in [1.807, 2.05) is 0 Å². The van der Waals surface area contributed by atoms with Crippen molar-refractivity contribution in [1.29, 1.82) is 0 Å². The molecule has 1 atom stereocenters. The zero-order chi connectivity index (χ0) is 14.0. The third-order valence-corrected chi connectivity index (χ3v) is 4.52. The van der Waals surface area contributed by atoms with Gasteiger partial charge < -0.3 is 4.90 Å². The number of pyridine rings is 1. The number of hydrogen-bond acceptors (Lipinski definition) is 2. The average molecular weight is 402 g/mol. The molecule has 0 radical (unpaired) electrons. The van der Waals surface area contributed by atoms with Crippen molar-refractivity contribution in [3.63, 3.8) is 0 Å². The van der Waals surface area contributed by atoms with Gasteiger partial charge in [0.1, 0.15) is 5.82 Å². The fourth-order valence-electron chi connectivity index (χ4n) is 2.28. The molecule has 0 spiro atoms. The van der Waals surface area contributed by atoms with Crippen LogP contribution in [0.15, 0.2) is 16.7 Å². The summed E-state index contributed by atoms with van der Waals surface area (Å²) < 4.78 is 39.5. The van der Waals surface area contributed by atoms with E-state index in [2.05, 4.69) is 36.8 Å². The summed E-state index contributed by atoms with van der Waals surface area (Å²) in [6.07, 6.45) is -1.03. The lowest BCUT2D eigenvalue weighted by Crippen LogP contribution is -2.37. The van der Waals surface area contributed by atoms with Gasteiger partial charge in [-0.25, -0.2) is 4.98 Å². The van der Waals surface area contributed by atoms with Gasteiger partial charge in [0.15, 0.2) is 0 Å². The van der Waals surface area contributed by atoms with Crippen LogP contribution in [-0.4, -0.2) is 23.4 Å². The van der Waals surface area contributed by atoms with E-state index in [0.717, 1.165) is 24.2 Å². The van der Waals surface area contributed by atoms with Crippen molar-refractivity contribution in [3.05, 3.63) is 22.3 Å². The van der Waals surface area contributed by atoms with E-state index in [1.165, 1.54) is 6.20 Å². The molecule has 1 fully saturated rings. The number of anilines is 1. The van der Waals surface area contributed by atoms with Crippen molar-refractivity contribution in [3.8, 4) is 0 Å². The third-order valence-electron chi connectivity index (χ3n) is 3.18. The third kappa shape index (κ3) is 3.62. The Labute approximate surface area is 126 Å². The minimum atomic E-state index is -4.38. The van der Waals surface area contributed by atoms with Crippen LogP contribution < -0.4 is 4.90 Å². The number of aromatic nitrogens is 1. The smallest absolute Gasteiger partial charge is 0.356 e. The van der Waals surface area contributed by atoms with Crippen LogP contribution in [0.4, 0.5) is 19.0 Å². The second-order valence-corrected chi connectivity index (χ2v) is 6.19. The minimum absolute atomic E-state index is 0.0429. The molecule has 1 aliphatic rings. The van der Waals surface area contributed by atoms with E-state index in [-0.39, 0.29) is 5.82 Å². The van der Waals surface area contributed by atoms with E-state index >= 15 is 0 Å². The monoisotopic (exact) mass is 400 g/mol. The van der Waals surface area contributed by atoms with Crippen LogP contribution in [0.25, 0.3) is 0 Å². The molecular weight excluding hydrogens is 389 g/mol. The van der Waals surface area contributed by atoms with Crippen LogP contribution in [0.2, 0.25) is 0 Å². The van der Waals surface area contributed by atoms with Crippen LogP contribution in [0, 0.1) is 5.92 Å². The molecule has 1 aromatic rings. The van der Waals surface area contributed by atoms with E-state index in [4.69, 9.17) is 0 Å². The van der Waals surface area contributed by atoms with Gasteiger partial charge in [-0.1, -0.05) is 15.9 Å². The summed E-state index contributed by atoms with van der Waals surface area (Å²) in [5, 5.41) is 0.807. The summed E-state index contributed by atoms with van der Waals surface area (Å²) in [6, 6.07) is 1.10. The zero-order valence-electron chi connectivity index (χ0n) is 10.1. The van der Waals surface area contributed by atoms with Gasteiger partial charge in [0, 0.05) is 29.1 Å². The summed E-state index contributed by atoms with van der Waals surface area (Å²) in [4.78, 5) is 5.72. The average Bonchev–Trinajstić information content (AvgIpc) is 2.37. The second-order valence-electron chi connectivity index (χ2n) is 4.63. The lowest BCUT2D eigenvalue weighted by molar-refractivity contribution is -0.137. The van der Waals surface area contributed by atoms with Crippen molar-refractivity contribution < 1.29 is 13.2 Å². The van der Waals surface area contributed by atoms with Crippen molar-refractivity contribution >= 4 is 37.7 Å². The molecule has 1 saturated heterocycles. The SMILES string of the molecule is FC(F)(F)c1cc(Br)cnc1N1CCCC(CBr)C1. The molecule has 0 N–H and O–H groups in total. The molecule has 1 aliphatic heterocycles. The van der Waals surface area contributed by atoms with Crippen LogP contribution >= 0.6 is 31.9 Å². The summed E-state index contributed by atoms with van der Waals surface area (Å²) >= 11 is 6.45. The minimum Gasteiger partial charge on any atom is -0.356 e. The lowest BCUT2D eigenvalue weighted by Gasteiger charge is -2.34. The molecule has 106 valence electrons. The maximum Gasteiger partial charge on any atom is 0.419 e. The summed E-state index contributed by atoms with van der Waals surface area (Å²) in [5.41, 5.74) is -0.669. The van der Waals surface area contributed by atoms with Gasteiger partial charge in [-0.3, -0.25) is 0 Å². The fraction of sp³-hybridized carbons (Fsp3) is 0.583. The highest BCUT2D eigenvalue weighted by Gasteiger charge is 2.37. The van der Waals surface area contributed by atoms with Gasteiger partial charge in [0.2, 0.25) is 0 Å². The molecule has 0 aromatic carbocycles. The summed E-state index contributed by atoms with van der Waals surface area (Å²) in [6.45, 7) is 1.24. The van der Waals surface area contributed by atoms with Gasteiger partial charge in [-0.15, -0.1) is 0 Å². The number of piperidine rings is 1. The number of nitrogens with zero attached hydrogens (tertiary/aromatic N) is 2. The van der Waals surface area contributed by atoms with Crippen molar-refractivity contribution in [2.75, 3.05) is 23.3 Å². The molecular formula is C12H13Br2F3N2. The van der Waals surface area contributed by atoms with Crippen molar-refractivity contribution in [2.45, 2.75) is 19.0 Å². The van der Waals surface area contributed by atoms with Crippen LogP contribution in [0.1, 0.15) is 18.4 Å². The topological polar surface area (TPSA) is 16.1 Å². The molecule has 1 aromatic heterocycles. The lowest BCUT2D eigenvalue weighted by atomic mass is 10.00. The van der Waals surface area contributed by atoms with Gasteiger partial charge in [0.25, 0.3) is 0 Å². The second kappa shape index (κ2) is 5.99. The molecule has 2 nitrogen and oxygen atoms in total. The first kappa shape index (κ1) is 15.1. The highest BCUT2D eigenvalue weighted by Crippen LogP contribution is 2.38. The molecule has 0 bridgehead atoms. The molecule has 2 heterocycles. The molecule has 19 heavy (non-hydrogen) atoms. The van der Waals surface area contributed by atoms with Gasteiger partial charge >= 0.3 is 6.18 Å². The standard InChI is InChI=1S/C12H13Br2F3N2/c13-5-8-2-1-3-19(7-8)11-10(12(15,16)17)4-9(14)6-18-11/h4,6,8H,1-3,5,7H2. The molecule has 0 aliphatic carbocycles. The highest BCUT2D eigenvalue weighted by molar-refractivity contribution is 9.10. The van der Waals surface area contributed by atoms with E-state index in [9.17, 15) is 13.2 Å². The first-order chi connectivity index (χ1) is 8.91. The Bertz CT molecular complexity index is 451. The number of rotatable bonds is 2. The molecule has 0 saturated carbocycles. The Kier molecular flexibility index (Phi) is 4.76.